The van der Waals surface area contributed by atoms with Crippen LogP contribution >= 0.6 is 34.7 Å². The normalized spacial score (nSPS) is 14.9. The van der Waals surface area contributed by atoms with Crippen molar-refractivity contribution >= 4 is 56.0 Å². The maximum atomic E-state index is 12.6. The molecule has 8 heteroatoms. The Morgan fingerprint density at radius 3 is 2.73 bits per heavy atom. The third-order valence-corrected chi connectivity index (χ3v) is 7.49. The smallest absolute Gasteiger partial charge is 0.252 e. The maximum absolute atomic E-state index is 12.6. The van der Waals surface area contributed by atoms with E-state index < -0.39 is 0 Å². The molecule has 1 amide bonds. The van der Waals surface area contributed by atoms with Crippen molar-refractivity contribution in [3.8, 4) is 0 Å². The van der Waals surface area contributed by atoms with Crippen molar-refractivity contribution in [3.05, 3.63) is 53.1 Å². The molecule has 30 heavy (non-hydrogen) atoms. The van der Waals surface area contributed by atoms with Crippen LogP contribution in [0.1, 0.15) is 17.3 Å². The minimum atomic E-state index is 0.0107. The Hall–Kier alpha value is -1.80. The Morgan fingerprint density at radius 2 is 1.97 bits per heavy atom. The van der Waals surface area contributed by atoms with Crippen LogP contribution in [-0.4, -0.2) is 60.8 Å². The lowest BCUT2D eigenvalue weighted by atomic mass is 10.2. The summed E-state index contributed by atoms with van der Waals surface area (Å²) in [5.41, 5.74) is 1.66. The fraction of sp³-hybridized carbons (Fsp3) is 0.364. The van der Waals surface area contributed by atoms with E-state index in [0.29, 0.717) is 11.6 Å². The number of nitrogens with zero attached hydrogens (tertiary/aromatic N) is 3. The fourth-order valence-corrected chi connectivity index (χ4v) is 5.68. The van der Waals surface area contributed by atoms with Crippen LogP contribution in [0.2, 0.25) is 5.02 Å². The summed E-state index contributed by atoms with van der Waals surface area (Å²) in [6.45, 7) is 7.39. The van der Waals surface area contributed by atoms with Gasteiger partial charge in [-0.25, -0.2) is 4.98 Å². The van der Waals surface area contributed by atoms with E-state index in [2.05, 4.69) is 28.1 Å². The van der Waals surface area contributed by atoms with Gasteiger partial charge in [0.25, 0.3) is 5.91 Å². The number of halogens is 1. The van der Waals surface area contributed by atoms with Crippen LogP contribution < -0.4 is 10.2 Å². The topological polar surface area (TPSA) is 48.5 Å². The average Bonchev–Trinajstić information content (AvgIpc) is 3.21. The number of carbonyl (C=O) groups excluding carboxylic acids is 1. The van der Waals surface area contributed by atoms with Crippen molar-refractivity contribution in [1.29, 1.82) is 0 Å². The Kier molecular flexibility index (Phi) is 7.15. The summed E-state index contributed by atoms with van der Waals surface area (Å²) in [5, 5.41) is 4.83. The highest BCUT2D eigenvalue weighted by molar-refractivity contribution is 7.99. The van der Waals surface area contributed by atoms with Gasteiger partial charge in [-0.05, 0) is 30.0 Å². The number of rotatable bonds is 7. The van der Waals surface area contributed by atoms with Crippen LogP contribution in [-0.2, 0) is 0 Å². The van der Waals surface area contributed by atoms with E-state index in [0.717, 1.165) is 64.3 Å². The molecule has 0 unspecified atom stereocenters. The van der Waals surface area contributed by atoms with Gasteiger partial charge in [-0.1, -0.05) is 48.1 Å². The van der Waals surface area contributed by atoms with Crippen LogP contribution in [0.3, 0.4) is 0 Å². The number of hydrogen-bond acceptors (Lipinski definition) is 6. The number of hydrogen-bond donors (Lipinski definition) is 1. The lowest BCUT2D eigenvalue weighted by Crippen LogP contribution is -2.48. The summed E-state index contributed by atoms with van der Waals surface area (Å²) in [6, 6.07) is 13.7. The number of amides is 1. The molecular weight excluding hydrogens is 436 g/mol. The van der Waals surface area contributed by atoms with Crippen molar-refractivity contribution in [2.24, 2.45) is 0 Å². The first-order valence-corrected chi connectivity index (χ1v) is 12.4. The molecule has 1 N–H and O–H groups in total. The molecule has 4 rings (SSSR count). The second-order valence-electron chi connectivity index (χ2n) is 7.10. The van der Waals surface area contributed by atoms with E-state index in [-0.39, 0.29) is 5.91 Å². The zero-order valence-electron chi connectivity index (χ0n) is 16.9. The monoisotopic (exact) mass is 460 g/mol. The van der Waals surface area contributed by atoms with Gasteiger partial charge in [0.05, 0.1) is 15.3 Å². The van der Waals surface area contributed by atoms with Gasteiger partial charge in [-0.3, -0.25) is 9.69 Å². The fourth-order valence-electron chi connectivity index (χ4n) is 3.56. The van der Waals surface area contributed by atoms with Crippen LogP contribution in [0.4, 0.5) is 5.13 Å². The minimum Gasteiger partial charge on any atom is -0.351 e. The number of aromatic nitrogens is 1. The van der Waals surface area contributed by atoms with E-state index in [9.17, 15) is 4.79 Å². The number of carbonyl (C=O) groups is 1. The lowest BCUT2D eigenvalue weighted by molar-refractivity contribution is 0.0945. The molecule has 2 heterocycles. The number of thioether (sulfide) groups is 1. The van der Waals surface area contributed by atoms with E-state index in [4.69, 9.17) is 16.6 Å². The van der Waals surface area contributed by atoms with Gasteiger partial charge in [0.2, 0.25) is 0 Å². The molecular formula is C22H25ClN4OS2. The first kappa shape index (κ1) is 21.4. The third-order valence-electron chi connectivity index (χ3n) is 5.15. The zero-order valence-corrected chi connectivity index (χ0v) is 19.3. The van der Waals surface area contributed by atoms with E-state index in [1.807, 2.05) is 36.4 Å². The van der Waals surface area contributed by atoms with E-state index in [1.165, 1.54) is 0 Å². The van der Waals surface area contributed by atoms with Gasteiger partial charge < -0.3 is 10.2 Å². The van der Waals surface area contributed by atoms with Crippen molar-refractivity contribution in [1.82, 2.24) is 15.2 Å². The molecule has 0 saturated carbocycles. The molecule has 0 radical (unpaired) electrons. The van der Waals surface area contributed by atoms with Crippen molar-refractivity contribution in [2.75, 3.05) is 49.9 Å². The van der Waals surface area contributed by atoms with E-state index >= 15 is 0 Å². The molecule has 1 saturated heterocycles. The first-order chi connectivity index (χ1) is 14.7. The van der Waals surface area contributed by atoms with Crippen molar-refractivity contribution in [2.45, 2.75) is 11.8 Å². The minimum absolute atomic E-state index is 0.0107. The van der Waals surface area contributed by atoms with Crippen LogP contribution in [0, 0.1) is 0 Å². The van der Waals surface area contributed by atoms with Crippen LogP contribution in [0.25, 0.3) is 10.2 Å². The summed E-state index contributed by atoms with van der Waals surface area (Å²) in [4.78, 5) is 23.1. The number of thiazole rings is 1. The molecule has 158 valence electrons. The molecule has 5 nitrogen and oxygen atoms in total. The van der Waals surface area contributed by atoms with Crippen molar-refractivity contribution in [3.63, 3.8) is 0 Å². The quantitative estimate of drug-likeness (QED) is 0.521. The maximum Gasteiger partial charge on any atom is 0.252 e. The predicted octanol–water partition coefficient (Wildman–Crippen LogP) is 4.61. The summed E-state index contributed by atoms with van der Waals surface area (Å²) < 4.78 is 1.13. The van der Waals surface area contributed by atoms with Crippen molar-refractivity contribution < 1.29 is 4.79 Å². The molecule has 2 aromatic carbocycles. The molecule has 1 fully saturated rings. The summed E-state index contributed by atoms with van der Waals surface area (Å²) in [5.74, 6) is 0.964. The van der Waals surface area contributed by atoms with Gasteiger partial charge in [-0.15, -0.1) is 11.8 Å². The molecule has 0 atom stereocenters. The molecule has 1 aliphatic heterocycles. The Balaban J connectivity index is 1.26. The highest BCUT2D eigenvalue weighted by Gasteiger charge is 2.20. The molecule has 0 spiro atoms. The number of para-hydroxylation sites is 1. The molecule has 3 aromatic rings. The van der Waals surface area contributed by atoms with Gasteiger partial charge >= 0.3 is 0 Å². The number of benzene rings is 2. The summed E-state index contributed by atoms with van der Waals surface area (Å²) in [6.07, 6.45) is 0. The molecule has 1 aromatic heterocycles. The second-order valence-corrected chi connectivity index (χ2v) is 9.82. The summed E-state index contributed by atoms with van der Waals surface area (Å²) >= 11 is 9.67. The number of anilines is 1. The number of piperazine rings is 1. The Bertz CT molecular complexity index is 1020. The lowest BCUT2D eigenvalue weighted by Gasteiger charge is -2.34. The average molecular weight is 461 g/mol. The largest absolute Gasteiger partial charge is 0.351 e. The van der Waals surface area contributed by atoms with Crippen LogP contribution in [0.5, 0.6) is 0 Å². The van der Waals surface area contributed by atoms with Gasteiger partial charge in [0, 0.05) is 44.2 Å². The van der Waals surface area contributed by atoms with Gasteiger partial charge in [0.1, 0.15) is 5.52 Å². The zero-order chi connectivity index (χ0) is 20.9. The molecule has 0 aliphatic carbocycles. The standard InChI is InChI=1S/C22H25ClN4OS2/c1-2-29-18-8-4-3-6-16(18)21(28)24-10-11-26-12-14-27(15-13-26)22-25-20-17(23)7-5-9-19(20)30-22/h3-9H,2,10-15H2,1H3,(H,24,28). The second kappa shape index (κ2) is 10.0. The van der Waals surface area contributed by atoms with E-state index in [1.54, 1.807) is 23.1 Å². The molecule has 1 aliphatic rings. The third kappa shape index (κ3) is 4.91. The Morgan fingerprint density at radius 1 is 1.17 bits per heavy atom. The van der Waals surface area contributed by atoms with Gasteiger partial charge in [0.15, 0.2) is 5.13 Å². The number of fused-ring (bicyclic) bond motifs is 1. The van der Waals surface area contributed by atoms with Crippen LogP contribution in [0.15, 0.2) is 47.4 Å². The highest BCUT2D eigenvalue weighted by atomic mass is 35.5. The summed E-state index contributed by atoms with van der Waals surface area (Å²) in [7, 11) is 0. The predicted molar refractivity (Wildman–Crippen MR) is 128 cm³/mol. The first-order valence-electron chi connectivity index (χ1n) is 10.2. The Labute approximate surface area is 190 Å². The molecule has 0 bridgehead atoms. The highest BCUT2D eigenvalue weighted by Crippen LogP contribution is 2.33. The number of nitrogens with one attached hydrogen (secondary N) is 1. The van der Waals surface area contributed by atoms with Gasteiger partial charge in [-0.2, -0.15) is 0 Å². The SMILES string of the molecule is CCSc1ccccc1C(=O)NCCN1CCN(c2nc3c(Cl)cccc3s2)CC1.